The smallest absolute Gasteiger partial charge is 0.127 e. The summed E-state index contributed by atoms with van der Waals surface area (Å²) in [6.07, 6.45) is -1.95. The molecule has 3 nitrogen and oxygen atoms in total. The van der Waals surface area contributed by atoms with Crippen LogP contribution in [0.15, 0.2) is 66.7 Å². The maximum atomic E-state index is 10.5. The summed E-state index contributed by atoms with van der Waals surface area (Å²) in [6.45, 7) is 0. The van der Waals surface area contributed by atoms with Crippen molar-refractivity contribution in [2.45, 2.75) is 12.2 Å². The molecule has 0 unspecified atom stereocenters. The number of aliphatic hydroxyl groups is 2. The topological polar surface area (TPSA) is 53.4 Å². The van der Waals surface area contributed by atoms with Crippen molar-refractivity contribution in [1.29, 1.82) is 0 Å². The van der Waals surface area contributed by atoms with Gasteiger partial charge in [-0.2, -0.15) is 0 Å². The molecular formula is C21H15NO2. The zero-order valence-electron chi connectivity index (χ0n) is 12.8. The first-order chi connectivity index (χ1) is 11.7. The molecule has 0 amide bonds. The first-order valence-electron chi connectivity index (χ1n) is 8.02. The third-order valence-corrected chi connectivity index (χ3v) is 4.90. The highest BCUT2D eigenvalue weighted by Crippen LogP contribution is 2.44. The normalized spacial score (nSPS) is 19.2. The fraction of sp³-hybridized carbons (Fsp3) is 0.0952. The van der Waals surface area contributed by atoms with E-state index < -0.39 is 12.2 Å². The minimum absolute atomic E-state index is 0.545. The van der Waals surface area contributed by atoms with Crippen LogP contribution in [-0.2, 0) is 0 Å². The lowest BCUT2D eigenvalue weighted by Gasteiger charge is -2.28. The Morgan fingerprint density at radius 1 is 0.708 bits per heavy atom. The minimum atomic E-state index is -1.01. The zero-order valence-corrected chi connectivity index (χ0v) is 12.8. The monoisotopic (exact) mass is 313 g/mol. The molecule has 2 N–H and O–H groups in total. The number of fused-ring (bicyclic) bond motifs is 6. The Morgan fingerprint density at radius 3 is 2.42 bits per heavy atom. The summed E-state index contributed by atoms with van der Waals surface area (Å²) >= 11 is 0. The molecule has 2 atom stereocenters. The van der Waals surface area contributed by atoms with Crippen LogP contribution >= 0.6 is 0 Å². The molecule has 1 aliphatic rings. The fourth-order valence-electron chi connectivity index (χ4n) is 3.70. The summed E-state index contributed by atoms with van der Waals surface area (Å²) in [4.78, 5) is 4.69. The highest BCUT2D eigenvalue weighted by Gasteiger charge is 2.32. The van der Waals surface area contributed by atoms with Crippen molar-refractivity contribution in [2.75, 3.05) is 0 Å². The van der Waals surface area contributed by atoms with E-state index >= 15 is 0 Å². The molecule has 0 saturated heterocycles. The third kappa shape index (κ3) is 1.77. The minimum Gasteiger partial charge on any atom is -0.385 e. The third-order valence-electron chi connectivity index (χ3n) is 4.90. The van der Waals surface area contributed by atoms with Crippen LogP contribution in [-0.4, -0.2) is 15.2 Å². The summed E-state index contributed by atoms with van der Waals surface area (Å²) < 4.78 is 0. The lowest BCUT2D eigenvalue weighted by molar-refractivity contribution is 0.0133. The highest BCUT2D eigenvalue weighted by molar-refractivity contribution is 6.07. The Labute approximate surface area is 138 Å². The summed E-state index contributed by atoms with van der Waals surface area (Å²) in [5.41, 5.74) is 3.96. The number of nitrogens with zero attached hydrogens (tertiary/aromatic N) is 1. The molecule has 1 aliphatic carbocycles. The molecule has 0 radical (unpaired) electrons. The molecular weight excluding hydrogens is 298 g/mol. The maximum absolute atomic E-state index is 10.5. The maximum Gasteiger partial charge on any atom is 0.127 e. The van der Waals surface area contributed by atoms with Crippen molar-refractivity contribution >= 4 is 21.7 Å². The van der Waals surface area contributed by atoms with Gasteiger partial charge in [-0.15, -0.1) is 0 Å². The van der Waals surface area contributed by atoms with E-state index in [2.05, 4.69) is 23.2 Å². The second-order valence-electron chi connectivity index (χ2n) is 6.25. The molecule has 116 valence electrons. The van der Waals surface area contributed by atoms with Crippen LogP contribution in [0.1, 0.15) is 23.5 Å². The van der Waals surface area contributed by atoms with E-state index in [-0.39, 0.29) is 0 Å². The second-order valence-corrected chi connectivity index (χ2v) is 6.25. The first kappa shape index (κ1) is 13.7. The summed E-state index contributed by atoms with van der Waals surface area (Å²) in [5, 5.41) is 24.3. The molecule has 1 aromatic heterocycles. The van der Waals surface area contributed by atoms with Gasteiger partial charge in [0.25, 0.3) is 0 Å². The highest BCUT2D eigenvalue weighted by atomic mass is 16.3. The summed E-state index contributed by atoms with van der Waals surface area (Å²) in [7, 11) is 0. The number of benzene rings is 3. The summed E-state index contributed by atoms with van der Waals surface area (Å²) in [6, 6.07) is 22.0. The Bertz CT molecular complexity index is 1100. The van der Waals surface area contributed by atoms with Gasteiger partial charge in [0.2, 0.25) is 0 Å². The average Bonchev–Trinajstić information content (AvgIpc) is 2.65. The molecule has 3 aromatic carbocycles. The molecule has 24 heavy (non-hydrogen) atoms. The SMILES string of the molecule is O[C@@H]1c2ccccc2-c2cc3c(ccc4ccccc43)nc2[C@H]1O. The van der Waals surface area contributed by atoms with Gasteiger partial charge in [-0.25, -0.2) is 4.98 Å². The molecule has 0 spiro atoms. The largest absolute Gasteiger partial charge is 0.385 e. The van der Waals surface area contributed by atoms with E-state index in [9.17, 15) is 10.2 Å². The van der Waals surface area contributed by atoms with Crippen molar-refractivity contribution < 1.29 is 10.2 Å². The van der Waals surface area contributed by atoms with Gasteiger partial charge in [0.15, 0.2) is 0 Å². The van der Waals surface area contributed by atoms with Crippen LogP contribution in [0.3, 0.4) is 0 Å². The van der Waals surface area contributed by atoms with E-state index in [1.807, 2.05) is 48.5 Å². The Balaban J connectivity index is 1.92. The van der Waals surface area contributed by atoms with E-state index in [1.165, 1.54) is 0 Å². The van der Waals surface area contributed by atoms with Gasteiger partial charge in [0.1, 0.15) is 12.2 Å². The lowest BCUT2D eigenvalue weighted by atomic mass is 9.84. The van der Waals surface area contributed by atoms with Crippen molar-refractivity contribution in [3.8, 4) is 11.1 Å². The van der Waals surface area contributed by atoms with Crippen LogP contribution in [0.4, 0.5) is 0 Å². The number of aliphatic hydroxyl groups excluding tert-OH is 2. The quantitative estimate of drug-likeness (QED) is 0.480. The zero-order chi connectivity index (χ0) is 16.3. The van der Waals surface area contributed by atoms with Crippen molar-refractivity contribution in [3.05, 3.63) is 78.0 Å². The number of hydrogen-bond acceptors (Lipinski definition) is 3. The van der Waals surface area contributed by atoms with Crippen molar-refractivity contribution in [3.63, 3.8) is 0 Å². The van der Waals surface area contributed by atoms with Crippen molar-refractivity contribution in [1.82, 2.24) is 4.98 Å². The van der Waals surface area contributed by atoms with Crippen LogP contribution in [0.25, 0.3) is 32.8 Å². The molecule has 5 rings (SSSR count). The van der Waals surface area contributed by atoms with Crippen LogP contribution in [0, 0.1) is 0 Å². The van der Waals surface area contributed by atoms with Crippen LogP contribution in [0.5, 0.6) is 0 Å². The van der Waals surface area contributed by atoms with Gasteiger partial charge in [-0.05, 0) is 34.0 Å². The fourth-order valence-corrected chi connectivity index (χ4v) is 3.70. The molecule has 0 bridgehead atoms. The van der Waals surface area contributed by atoms with Gasteiger partial charge in [-0.3, -0.25) is 0 Å². The van der Waals surface area contributed by atoms with Crippen LogP contribution in [0.2, 0.25) is 0 Å². The van der Waals surface area contributed by atoms with Gasteiger partial charge in [0, 0.05) is 10.9 Å². The average molecular weight is 313 g/mol. The predicted molar refractivity (Wildman–Crippen MR) is 94.6 cm³/mol. The van der Waals surface area contributed by atoms with E-state index in [4.69, 9.17) is 0 Å². The van der Waals surface area contributed by atoms with Gasteiger partial charge >= 0.3 is 0 Å². The predicted octanol–water partition coefficient (Wildman–Crippen LogP) is 4.14. The van der Waals surface area contributed by atoms with E-state index in [1.54, 1.807) is 0 Å². The number of aromatic nitrogens is 1. The Morgan fingerprint density at radius 2 is 1.50 bits per heavy atom. The number of hydrogen-bond donors (Lipinski definition) is 2. The Kier molecular flexibility index (Phi) is 2.77. The molecule has 0 aliphatic heterocycles. The van der Waals surface area contributed by atoms with Crippen LogP contribution < -0.4 is 0 Å². The molecule has 3 heteroatoms. The van der Waals surface area contributed by atoms with Gasteiger partial charge < -0.3 is 10.2 Å². The van der Waals surface area contributed by atoms with E-state index in [0.717, 1.165) is 38.4 Å². The van der Waals surface area contributed by atoms with Gasteiger partial charge in [0.05, 0.1) is 11.2 Å². The standard InChI is InChI=1S/C21H15NO2/c23-20-15-8-4-3-7-14(15)17-11-16-13-6-2-1-5-12(13)9-10-18(16)22-19(17)21(20)24/h1-11,20-21,23-24H/t20-,21-/m1/s1. The van der Waals surface area contributed by atoms with E-state index in [0.29, 0.717) is 5.69 Å². The molecule has 4 aromatic rings. The Hall–Kier alpha value is -2.75. The number of pyridine rings is 1. The number of rotatable bonds is 0. The summed E-state index contributed by atoms with van der Waals surface area (Å²) in [5.74, 6) is 0. The first-order valence-corrected chi connectivity index (χ1v) is 8.02. The molecule has 0 saturated carbocycles. The van der Waals surface area contributed by atoms with Crippen molar-refractivity contribution in [2.24, 2.45) is 0 Å². The molecule has 0 fully saturated rings. The second kappa shape index (κ2) is 4.87. The van der Waals surface area contributed by atoms with Gasteiger partial charge in [-0.1, -0.05) is 54.6 Å². The lowest BCUT2D eigenvalue weighted by Crippen LogP contribution is -2.18. The molecule has 1 heterocycles.